The van der Waals surface area contributed by atoms with Crippen molar-refractivity contribution >= 4 is 18.3 Å². The van der Waals surface area contributed by atoms with Crippen LogP contribution in [0, 0.1) is 5.92 Å². The number of ether oxygens (including phenoxy) is 1. The van der Waals surface area contributed by atoms with E-state index in [4.69, 9.17) is 4.74 Å². The van der Waals surface area contributed by atoms with Crippen molar-refractivity contribution in [3.63, 3.8) is 0 Å². The Morgan fingerprint density at radius 2 is 1.63 bits per heavy atom. The van der Waals surface area contributed by atoms with Crippen molar-refractivity contribution in [1.29, 1.82) is 0 Å². The summed E-state index contributed by atoms with van der Waals surface area (Å²) in [6, 6.07) is 0.602. The number of unbranched alkanes of at least 4 members (excludes halogenated alkanes) is 1. The van der Waals surface area contributed by atoms with Crippen LogP contribution in [0.3, 0.4) is 0 Å². The molecule has 206 valence electrons. The van der Waals surface area contributed by atoms with Gasteiger partial charge in [0.2, 0.25) is 12.3 Å². The average Bonchev–Trinajstić information content (AvgIpc) is 2.85. The van der Waals surface area contributed by atoms with E-state index in [1.165, 1.54) is 62.9 Å². The molecule has 1 aliphatic heterocycles. The molecule has 0 aliphatic carbocycles. The molecule has 0 bridgehead atoms. The van der Waals surface area contributed by atoms with Crippen LogP contribution in [0.1, 0.15) is 100 Å². The molecule has 0 aromatic heterocycles. The van der Waals surface area contributed by atoms with Gasteiger partial charge in [-0.2, -0.15) is 0 Å². The summed E-state index contributed by atoms with van der Waals surface area (Å²) < 4.78 is 4.92. The van der Waals surface area contributed by atoms with Crippen LogP contribution in [-0.2, 0) is 19.1 Å². The molecule has 0 radical (unpaired) electrons. The number of esters is 1. The number of likely N-dealkylation sites (tertiary alicyclic amines) is 1. The van der Waals surface area contributed by atoms with Gasteiger partial charge < -0.3 is 19.9 Å². The third-order valence-corrected chi connectivity index (χ3v) is 5.87. The molecule has 0 saturated carbocycles. The Kier molecular flexibility index (Phi) is 22.7. The highest BCUT2D eigenvalue weighted by molar-refractivity contribution is 5.88. The third-order valence-electron chi connectivity index (χ3n) is 5.87. The molecule has 35 heavy (non-hydrogen) atoms. The van der Waals surface area contributed by atoms with Crippen molar-refractivity contribution in [3.8, 4) is 0 Å². The highest BCUT2D eigenvalue weighted by atomic mass is 16.5. The summed E-state index contributed by atoms with van der Waals surface area (Å²) in [7, 11) is 1.65. The Hall–Kier alpha value is -1.89. The van der Waals surface area contributed by atoms with E-state index < -0.39 is 0 Å². The molecule has 1 unspecified atom stereocenters. The van der Waals surface area contributed by atoms with E-state index in [0.29, 0.717) is 18.6 Å². The van der Waals surface area contributed by atoms with E-state index >= 15 is 0 Å². The quantitative estimate of drug-likeness (QED) is 0.228. The Labute approximate surface area is 216 Å². The first-order valence-corrected chi connectivity index (χ1v) is 13.6. The van der Waals surface area contributed by atoms with Crippen LogP contribution in [0.2, 0.25) is 0 Å². The molecule has 1 fully saturated rings. The predicted molar refractivity (Wildman–Crippen MR) is 146 cm³/mol. The molecule has 0 aromatic rings. The van der Waals surface area contributed by atoms with Gasteiger partial charge in [0.05, 0.1) is 19.2 Å². The number of rotatable bonds is 12. The maximum absolute atomic E-state index is 11.9. The maximum atomic E-state index is 11.9. The van der Waals surface area contributed by atoms with Gasteiger partial charge in [-0.3, -0.25) is 9.59 Å². The monoisotopic (exact) mass is 497 g/mol. The van der Waals surface area contributed by atoms with E-state index in [1.54, 1.807) is 27.0 Å². The Morgan fingerprint density at radius 1 is 1.06 bits per heavy atom. The zero-order chi connectivity index (χ0) is 27.2. The van der Waals surface area contributed by atoms with Gasteiger partial charge in [0.1, 0.15) is 0 Å². The van der Waals surface area contributed by atoms with Crippen molar-refractivity contribution in [3.05, 3.63) is 11.6 Å². The number of carbonyl (C=O) groups excluding carboxylic acids is 3. The second-order valence-electron chi connectivity index (χ2n) is 9.60. The van der Waals surface area contributed by atoms with Crippen LogP contribution in [0.15, 0.2) is 11.6 Å². The number of nitrogens with one attached hydrogen (secondary N) is 1. The van der Waals surface area contributed by atoms with Crippen molar-refractivity contribution in [2.24, 2.45) is 5.92 Å². The smallest absolute Gasteiger partial charge is 0.333 e. The van der Waals surface area contributed by atoms with Crippen LogP contribution in [-0.4, -0.2) is 73.5 Å². The summed E-state index contributed by atoms with van der Waals surface area (Å²) in [6.07, 6.45) is 11.9. The van der Waals surface area contributed by atoms with Crippen LogP contribution in [0.5, 0.6) is 0 Å². The normalized spacial score (nSPS) is 15.5. The largest absolute Gasteiger partial charge is 0.463 e. The lowest BCUT2D eigenvalue weighted by Crippen LogP contribution is -2.43. The second kappa shape index (κ2) is 22.6. The van der Waals surface area contributed by atoms with Crippen molar-refractivity contribution in [2.75, 3.05) is 33.3 Å². The number of piperidine rings is 1. The second-order valence-corrected chi connectivity index (χ2v) is 9.60. The fraction of sp³-hybridized carbons (Fsp3) is 0.821. The number of hydrogen-bond donors (Lipinski definition) is 1. The van der Waals surface area contributed by atoms with Crippen molar-refractivity contribution in [1.82, 2.24) is 15.1 Å². The zero-order valence-electron chi connectivity index (χ0n) is 24.2. The molecule has 2 amide bonds. The van der Waals surface area contributed by atoms with Crippen molar-refractivity contribution in [2.45, 2.75) is 112 Å². The fourth-order valence-electron chi connectivity index (χ4n) is 3.78. The van der Waals surface area contributed by atoms with Gasteiger partial charge in [0.25, 0.3) is 0 Å². The molecule has 1 rings (SSSR count). The maximum Gasteiger partial charge on any atom is 0.333 e. The summed E-state index contributed by atoms with van der Waals surface area (Å²) in [4.78, 5) is 37.9. The highest BCUT2D eigenvalue weighted by Gasteiger charge is 2.22. The summed E-state index contributed by atoms with van der Waals surface area (Å²) in [5.41, 5.74) is 0.466. The van der Waals surface area contributed by atoms with Crippen LogP contribution in [0.25, 0.3) is 0 Å². The first-order chi connectivity index (χ1) is 16.6. The molecule has 7 heteroatoms. The van der Waals surface area contributed by atoms with E-state index in [0.717, 1.165) is 6.04 Å². The molecule has 1 N–H and O–H groups in total. The van der Waals surface area contributed by atoms with Gasteiger partial charge in [-0.05, 0) is 59.0 Å². The molecule has 2 atom stereocenters. The third kappa shape index (κ3) is 17.2. The first kappa shape index (κ1) is 35.3. The van der Waals surface area contributed by atoms with Crippen LogP contribution >= 0.6 is 0 Å². The van der Waals surface area contributed by atoms with Gasteiger partial charge in [0, 0.05) is 18.7 Å². The molecule has 0 aromatic carbocycles. The van der Waals surface area contributed by atoms with E-state index in [2.05, 4.69) is 37.9 Å². The van der Waals surface area contributed by atoms with Gasteiger partial charge in [0.15, 0.2) is 0 Å². The Bertz CT molecular complexity index is 587. The summed E-state index contributed by atoms with van der Waals surface area (Å²) in [5.74, 6) is -0.474. The Balaban J connectivity index is 0. The number of nitrogens with zero attached hydrogens (tertiary/aromatic N) is 2. The minimum atomic E-state index is -0.384. The van der Waals surface area contributed by atoms with Gasteiger partial charge in [-0.1, -0.05) is 66.4 Å². The number of likely N-dealkylation sites (N-methyl/N-ethyl adjacent to an activating group) is 1. The van der Waals surface area contributed by atoms with Crippen LogP contribution < -0.4 is 5.32 Å². The minimum Gasteiger partial charge on any atom is -0.463 e. The summed E-state index contributed by atoms with van der Waals surface area (Å²) >= 11 is 0. The summed E-state index contributed by atoms with van der Waals surface area (Å²) in [5, 5.41) is 2.34. The van der Waals surface area contributed by atoms with Gasteiger partial charge in [-0.15, -0.1) is 0 Å². The van der Waals surface area contributed by atoms with Crippen molar-refractivity contribution < 1.29 is 19.1 Å². The lowest BCUT2D eigenvalue weighted by molar-refractivity contribution is -0.138. The molecular formula is C28H55N3O4. The van der Waals surface area contributed by atoms with Gasteiger partial charge in [-0.25, -0.2) is 4.79 Å². The molecule has 0 spiro atoms. The van der Waals surface area contributed by atoms with Crippen LogP contribution in [0.4, 0.5) is 0 Å². The number of amides is 2. The predicted octanol–water partition coefficient (Wildman–Crippen LogP) is 5.19. The summed E-state index contributed by atoms with van der Waals surface area (Å²) in [6.45, 7) is 19.2. The lowest BCUT2D eigenvalue weighted by atomic mass is 10.00. The zero-order valence-corrected chi connectivity index (χ0v) is 24.2. The number of hydrogen-bond acceptors (Lipinski definition) is 5. The fourth-order valence-corrected chi connectivity index (χ4v) is 3.78. The standard InChI is InChI=1S/C14H24N2O4.C11H23N.C3H8/c1-6-20-14(19)11(4)7-12(10(2)3)16(5)13(18)8-15-9-17;1-3-4-8-11(2)12-9-6-5-7-10-12;1-3-2/h7,9-10,12H,6,8H2,1-5H3,(H,15,17);11H,3-10H2,1-2H3;3H2,1-2H3/b11-7+;;/t12-;;/m1../s1. The van der Waals surface area contributed by atoms with E-state index in [1.807, 2.05) is 13.8 Å². The molecule has 1 heterocycles. The number of carbonyl (C=O) groups is 3. The molecule has 1 saturated heterocycles. The molecule has 1 aliphatic rings. The first-order valence-electron chi connectivity index (χ1n) is 13.6. The Morgan fingerprint density at radius 3 is 2.09 bits per heavy atom. The van der Waals surface area contributed by atoms with Gasteiger partial charge >= 0.3 is 5.97 Å². The topological polar surface area (TPSA) is 79.0 Å². The SMILES string of the molecule is CCC.CCCCC(C)N1CCCCC1.CCOC(=O)/C(C)=C/[C@H](C(C)C)N(C)C(=O)CNC=O. The average molecular weight is 498 g/mol. The molecule has 7 nitrogen and oxygen atoms in total. The van der Waals surface area contributed by atoms with E-state index in [9.17, 15) is 14.4 Å². The highest BCUT2D eigenvalue weighted by Crippen LogP contribution is 2.16. The minimum absolute atomic E-state index is 0.0600. The lowest BCUT2D eigenvalue weighted by Gasteiger charge is -2.32. The molecular weight excluding hydrogens is 442 g/mol. The van der Waals surface area contributed by atoms with E-state index in [-0.39, 0.29) is 30.4 Å².